The number of rotatable bonds is 7. The number of aryl methyl sites for hydroxylation is 1. The molecule has 1 aliphatic heterocycles. The number of hydrogen-bond donors (Lipinski definition) is 1. The molecule has 0 radical (unpaired) electrons. The van der Waals surface area contributed by atoms with Gasteiger partial charge in [-0.15, -0.1) is 0 Å². The lowest BCUT2D eigenvalue weighted by Crippen LogP contribution is -2.30. The Kier molecular flexibility index (Phi) is 5.95. The number of aromatic nitrogens is 2. The molecule has 1 aliphatic rings. The lowest BCUT2D eigenvalue weighted by atomic mass is 9.98. The molecule has 3 aromatic rings. The van der Waals surface area contributed by atoms with E-state index in [2.05, 4.69) is 58.6 Å². The fraction of sp³-hybridized carbons (Fsp3) is 0.375. The minimum atomic E-state index is 0.774. The van der Waals surface area contributed by atoms with E-state index < -0.39 is 0 Å². The van der Waals surface area contributed by atoms with E-state index in [1.54, 1.807) is 14.2 Å². The molecule has 0 bridgehead atoms. The zero-order chi connectivity index (χ0) is 21.1. The van der Waals surface area contributed by atoms with Crippen molar-refractivity contribution < 1.29 is 9.47 Å². The monoisotopic (exact) mass is 406 g/mol. The Morgan fingerprint density at radius 3 is 2.47 bits per heavy atom. The predicted molar refractivity (Wildman–Crippen MR) is 119 cm³/mol. The quantitative estimate of drug-likeness (QED) is 0.645. The molecule has 2 heterocycles. The zero-order valence-corrected chi connectivity index (χ0v) is 18.2. The third kappa shape index (κ3) is 4.14. The highest BCUT2D eigenvalue weighted by atomic mass is 16.5. The number of fused-ring (bicyclic) bond motifs is 1. The fourth-order valence-electron chi connectivity index (χ4n) is 4.06. The molecule has 4 rings (SSSR count). The Morgan fingerprint density at radius 2 is 1.77 bits per heavy atom. The summed E-state index contributed by atoms with van der Waals surface area (Å²) < 4.78 is 12.9. The van der Waals surface area contributed by atoms with Crippen LogP contribution in [0.4, 0.5) is 5.69 Å². The van der Waals surface area contributed by atoms with Crippen LogP contribution in [0.2, 0.25) is 0 Å². The summed E-state index contributed by atoms with van der Waals surface area (Å²) in [4.78, 5) is 2.49. The second kappa shape index (κ2) is 8.79. The van der Waals surface area contributed by atoms with Crippen LogP contribution >= 0.6 is 0 Å². The first-order valence-corrected chi connectivity index (χ1v) is 10.3. The Bertz CT molecular complexity index is 1030. The van der Waals surface area contributed by atoms with Crippen LogP contribution in [0.5, 0.6) is 11.5 Å². The first-order chi connectivity index (χ1) is 14.6. The van der Waals surface area contributed by atoms with Crippen molar-refractivity contribution in [1.82, 2.24) is 14.7 Å². The number of nitrogens with one attached hydrogen (secondary N) is 1. The molecule has 6 heteroatoms. The van der Waals surface area contributed by atoms with E-state index >= 15 is 0 Å². The van der Waals surface area contributed by atoms with E-state index in [-0.39, 0.29) is 0 Å². The molecule has 0 aliphatic carbocycles. The van der Waals surface area contributed by atoms with Gasteiger partial charge in [0.2, 0.25) is 0 Å². The van der Waals surface area contributed by atoms with Gasteiger partial charge in [-0.2, -0.15) is 5.10 Å². The van der Waals surface area contributed by atoms with Gasteiger partial charge in [-0.05, 0) is 48.2 Å². The van der Waals surface area contributed by atoms with Gasteiger partial charge in [0.25, 0.3) is 0 Å². The highest BCUT2D eigenvalue weighted by Crippen LogP contribution is 2.33. The minimum Gasteiger partial charge on any atom is -0.493 e. The molecule has 30 heavy (non-hydrogen) atoms. The number of ether oxygens (including phenoxy) is 2. The van der Waals surface area contributed by atoms with Crippen LogP contribution in [0, 0.1) is 6.92 Å². The summed E-state index contributed by atoms with van der Waals surface area (Å²) in [6.45, 7) is 5.72. The number of nitrogens with zero attached hydrogens (tertiary/aromatic N) is 3. The van der Waals surface area contributed by atoms with Crippen LogP contribution < -0.4 is 14.8 Å². The van der Waals surface area contributed by atoms with Crippen LogP contribution in [0.3, 0.4) is 0 Å². The SMILES string of the molecule is COc1cc2c(cc1OC)CN(Cc1ccccc1NCc1cnn(C)c1C)CC2. The van der Waals surface area contributed by atoms with Crippen molar-refractivity contribution >= 4 is 5.69 Å². The Labute approximate surface area is 178 Å². The van der Waals surface area contributed by atoms with Gasteiger partial charge in [-0.25, -0.2) is 0 Å². The molecule has 0 spiro atoms. The van der Waals surface area contributed by atoms with Crippen LogP contribution in [-0.2, 0) is 33.1 Å². The number of methoxy groups -OCH3 is 2. The maximum absolute atomic E-state index is 5.50. The summed E-state index contributed by atoms with van der Waals surface area (Å²) in [6, 6.07) is 12.8. The van der Waals surface area contributed by atoms with Crippen molar-refractivity contribution in [2.24, 2.45) is 7.05 Å². The summed E-state index contributed by atoms with van der Waals surface area (Å²) in [5.41, 5.74) is 7.57. The standard InChI is InChI=1S/C24H30N4O2/c1-17-21(14-26-27(17)2)13-25-22-8-6-5-7-19(22)15-28-10-9-18-11-23(29-3)24(30-4)12-20(18)16-28/h5-8,11-12,14,25H,9-10,13,15-16H2,1-4H3. The van der Waals surface area contributed by atoms with Crippen LogP contribution in [-0.4, -0.2) is 35.4 Å². The molecule has 0 fully saturated rings. The topological polar surface area (TPSA) is 51.6 Å². The smallest absolute Gasteiger partial charge is 0.161 e. The minimum absolute atomic E-state index is 0.774. The molecule has 0 saturated heterocycles. The first-order valence-electron chi connectivity index (χ1n) is 10.3. The molecule has 0 saturated carbocycles. The lowest BCUT2D eigenvalue weighted by molar-refractivity contribution is 0.244. The largest absolute Gasteiger partial charge is 0.493 e. The predicted octanol–water partition coefficient (Wildman–Crippen LogP) is 3.92. The maximum Gasteiger partial charge on any atom is 0.161 e. The highest BCUT2D eigenvalue weighted by molar-refractivity contribution is 5.52. The average molecular weight is 407 g/mol. The molecule has 1 aromatic heterocycles. The summed E-state index contributed by atoms with van der Waals surface area (Å²) in [6.07, 6.45) is 2.95. The van der Waals surface area contributed by atoms with E-state index in [0.29, 0.717) is 0 Å². The first kappa shape index (κ1) is 20.3. The second-order valence-electron chi connectivity index (χ2n) is 7.83. The normalized spacial score (nSPS) is 13.7. The number of anilines is 1. The van der Waals surface area contributed by atoms with Gasteiger partial charge >= 0.3 is 0 Å². The van der Waals surface area contributed by atoms with Crippen molar-refractivity contribution in [3.63, 3.8) is 0 Å². The van der Waals surface area contributed by atoms with E-state index in [9.17, 15) is 0 Å². The molecule has 0 atom stereocenters. The van der Waals surface area contributed by atoms with Gasteiger partial charge in [0.15, 0.2) is 11.5 Å². The van der Waals surface area contributed by atoms with Crippen molar-refractivity contribution in [3.8, 4) is 11.5 Å². The van der Waals surface area contributed by atoms with Gasteiger partial charge in [0, 0.05) is 50.2 Å². The molecule has 0 unspecified atom stereocenters. The van der Waals surface area contributed by atoms with Gasteiger partial charge in [-0.3, -0.25) is 9.58 Å². The summed E-state index contributed by atoms with van der Waals surface area (Å²) in [5, 5.41) is 7.95. The third-order valence-electron chi connectivity index (χ3n) is 6.01. The molecule has 158 valence electrons. The number of hydrogen-bond acceptors (Lipinski definition) is 5. The Balaban J connectivity index is 1.47. The van der Waals surface area contributed by atoms with E-state index in [4.69, 9.17) is 9.47 Å². The van der Waals surface area contributed by atoms with Gasteiger partial charge in [-0.1, -0.05) is 18.2 Å². The van der Waals surface area contributed by atoms with Gasteiger partial charge < -0.3 is 14.8 Å². The van der Waals surface area contributed by atoms with Crippen LogP contribution in [0.15, 0.2) is 42.6 Å². The van der Waals surface area contributed by atoms with E-state index in [0.717, 1.165) is 44.1 Å². The van der Waals surface area contributed by atoms with Crippen LogP contribution in [0.25, 0.3) is 0 Å². The Hall–Kier alpha value is -2.99. The van der Waals surface area contributed by atoms with Gasteiger partial charge in [0.1, 0.15) is 0 Å². The van der Waals surface area contributed by atoms with E-state index in [1.807, 2.05) is 17.9 Å². The zero-order valence-electron chi connectivity index (χ0n) is 18.2. The lowest BCUT2D eigenvalue weighted by Gasteiger charge is -2.30. The second-order valence-corrected chi connectivity index (χ2v) is 7.83. The van der Waals surface area contributed by atoms with Gasteiger partial charge in [0.05, 0.1) is 20.4 Å². The van der Waals surface area contributed by atoms with E-state index in [1.165, 1.54) is 33.6 Å². The van der Waals surface area contributed by atoms with Crippen molar-refractivity contribution in [1.29, 1.82) is 0 Å². The third-order valence-corrected chi connectivity index (χ3v) is 6.01. The fourth-order valence-corrected chi connectivity index (χ4v) is 4.06. The Morgan fingerprint density at radius 1 is 1.03 bits per heavy atom. The molecule has 2 aromatic carbocycles. The molecule has 0 amide bonds. The number of benzene rings is 2. The summed E-state index contributed by atoms with van der Waals surface area (Å²) in [7, 11) is 5.36. The molecule has 6 nitrogen and oxygen atoms in total. The molecular formula is C24H30N4O2. The van der Waals surface area contributed by atoms with Crippen molar-refractivity contribution in [3.05, 3.63) is 70.5 Å². The molecule has 1 N–H and O–H groups in total. The highest BCUT2D eigenvalue weighted by Gasteiger charge is 2.20. The average Bonchev–Trinajstić information content (AvgIpc) is 3.09. The number of para-hydroxylation sites is 1. The van der Waals surface area contributed by atoms with Crippen LogP contribution in [0.1, 0.15) is 27.9 Å². The molecular weight excluding hydrogens is 376 g/mol. The van der Waals surface area contributed by atoms with Crippen molar-refractivity contribution in [2.45, 2.75) is 33.0 Å². The maximum atomic E-state index is 5.50. The summed E-state index contributed by atoms with van der Waals surface area (Å²) >= 11 is 0. The summed E-state index contributed by atoms with van der Waals surface area (Å²) in [5.74, 6) is 1.61. The van der Waals surface area contributed by atoms with Crippen molar-refractivity contribution in [2.75, 3.05) is 26.1 Å².